The summed E-state index contributed by atoms with van der Waals surface area (Å²) in [7, 11) is 0. The molecule has 2 aliphatic rings. The van der Waals surface area contributed by atoms with E-state index in [4.69, 9.17) is 17.3 Å². The number of likely N-dealkylation sites (tertiary alicyclic amines) is 1. The summed E-state index contributed by atoms with van der Waals surface area (Å²) < 4.78 is 1.49. The number of rotatable bonds is 5. The zero-order valence-electron chi connectivity index (χ0n) is 17.1. The topological polar surface area (TPSA) is 123 Å². The third-order valence-corrected chi connectivity index (χ3v) is 6.50. The molecule has 3 aromatic rings. The fraction of sp³-hybridized carbons (Fsp3) is 0.318. The molecule has 3 atom stereocenters. The molecule has 1 saturated carbocycles. The Morgan fingerprint density at radius 3 is 2.78 bits per heavy atom. The predicted molar refractivity (Wildman–Crippen MR) is 118 cm³/mol. The summed E-state index contributed by atoms with van der Waals surface area (Å²) in [5, 5.41) is 8.14. The van der Waals surface area contributed by atoms with Crippen LogP contribution in [0.4, 0.5) is 5.69 Å². The zero-order chi connectivity index (χ0) is 22.4. The van der Waals surface area contributed by atoms with Gasteiger partial charge in [0.15, 0.2) is 5.69 Å². The number of para-hydroxylation sites is 1. The van der Waals surface area contributed by atoms with Crippen LogP contribution in [-0.2, 0) is 16.1 Å². The summed E-state index contributed by atoms with van der Waals surface area (Å²) in [4.78, 5) is 44.0. The summed E-state index contributed by atoms with van der Waals surface area (Å²) in [5.74, 6) is -1.02. The lowest BCUT2D eigenvalue weighted by Gasteiger charge is -2.34. The molecule has 1 aromatic carbocycles. The fourth-order valence-electron chi connectivity index (χ4n) is 5.02. The molecule has 1 saturated heterocycles. The highest BCUT2D eigenvalue weighted by Gasteiger charge is 2.51. The van der Waals surface area contributed by atoms with Crippen LogP contribution >= 0.6 is 11.6 Å². The Balaban J connectivity index is 1.41. The lowest BCUT2D eigenvalue weighted by molar-refractivity contribution is -0.141. The molecule has 5 rings (SSSR count). The number of carbonyl (C=O) groups excluding carboxylic acids is 3. The van der Waals surface area contributed by atoms with Gasteiger partial charge in [0, 0.05) is 17.6 Å². The molecular weight excluding hydrogens is 432 g/mol. The minimum absolute atomic E-state index is 0.0122. The molecule has 9 nitrogen and oxygen atoms in total. The average Bonchev–Trinajstić information content (AvgIpc) is 3.47. The van der Waals surface area contributed by atoms with Gasteiger partial charge < -0.3 is 16.0 Å². The number of carbonyl (C=O) groups is 3. The largest absolute Gasteiger partial charge is 0.364 e. The van der Waals surface area contributed by atoms with Crippen LogP contribution in [0.1, 0.15) is 29.8 Å². The number of nitrogens with zero attached hydrogens (tertiary/aromatic N) is 4. The van der Waals surface area contributed by atoms with Crippen LogP contribution in [0.2, 0.25) is 5.02 Å². The van der Waals surface area contributed by atoms with Crippen molar-refractivity contribution >= 4 is 45.9 Å². The molecule has 1 aliphatic heterocycles. The molecule has 3 amide bonds. The maximum absolute atomic E-state index is 13.4. The van der Waals surface area contributed by atoms with Crippen molar-refractivity contribution in [2.45, 2.75) is 37.9 Å². The summed E-state index contributed by atoms with van der Waals surface area (Å²) >= 11 is 5.97. The van der Waals surface area contributed by atoms with Gasteiger partial charge in [-0.3, -0.25) is 24.0 Å². The van der Waals surface area contributed by atoms with Gasteiger partial charge >= 0.3 is 0 Å². The second kappa shape index (κ2) is 7.90. The van der Waals surface area contributed by atoms with E-state index in [2.05, 4.69) is 15.4 Å². The van der Waals surface area contributed by atoms with Crippen LogP contribution in [0.25, 0.3) is 10.9 Å². The van der Waals surface area contributed by atoms with E-state index in [0.29, 0.717) is 21.6 Å². The Morgan fingerprint density at radius 1 is 1.19 bits per heavy atom. The van der Waals surface area contributed by atoms with Gasteiger partial charge in [0.2, 0.25) is 11.8 Å². The Kier molecular flexibility index (Phi) is 5.05. The number of nitrogens with one attached hydrogen (secondary N) is 1. The zero-order valence-corrected chi connectivity index (χ0v) is 17.8. The first-order valence-corrected chi connectivity index (χ1v) is 10.8. The third-order valence-electron chi connectivity index (χ3n) is 6.29. The van der Waals surface area contributed by atoms with E-state index in [9.17, 15) is 14.4 Å². The van der Waals surface area contributed by atoms with E-state index in [0.717, 1.165) is 19.3 Å². The predicted octanol–water partition coefficient (Wildman–Crippen LogP) is 2.20. The quantitative estimate of drug-likeness (QED) is 0.614. The highest BCUT2D eigenvalue weighted by molar-refractivity contribution is 6.30. The molecule has 0 unspecified atom stereocenters. The first kappa shape index (κ1) is 20.4. The van der Waals surface area contributed by atoms with Crippen molar-refractivity contribution in [1.29, 1.82) is 0 Å². The fourth-order valence-corrected chi connectivity index (χ4v) is 5.19. The van der Waals surface area contributed by atoms with E-state index >= 15 is 0 Å². The van der Waals surface area contributed by atoms with Crippen molar-refractivity contribution in [3.05, 3.63) is 53.4 Å². The number of piperidine rings is 1. The summed E-state index contributed by atoms with van der Waals surface area (Å²) in [6.07, 6.45) is 5.57. The molecular formula is C22H21ClN6O3. The molecule has 10 heteroatoms. The van der Waals surface area contributed by atoms with Gasteiger partial charge in [-0.2, -0.15) is 5.10 Å². The minimum Gasteiger partial charge on any atom is -0.364 e. The Hall–Kier alpha value is -3.46. The first-order valence-electron chi connectivity index (χ1n) is 10.4. The molecule has 3 heterocycles. The van der Waals surface area contributed by atoms with Crippen molar-refractivity contribution in [2.75, 3.05) is 5.32 Å². The highest BCUT2D eigenvalue weighted by atomic mass is 35.5. The van der Waals surface area contributed by atoms with Crippen LogP contribution in [0, 0.1) is 5.92 Å². The first-order chi connectivity index (χ1) is 15.4. The highest BCUT2D eigenvalue weighted by Crippen LogP contribution is 2.43. The summed E-state index contributed by atoms with van der Waals surface area (Å²) in [6.45, 7) is -0.0838. The number of benzene rings is 1. The molecule has 32 heavy (non-hydrogen) atoms. The van der Waals surface area contributed by atoms with Gasteiger partial charge in [0.1, 0.15) is 12.6 Å². The summed E-state index contributed by atoms with van der Waals surface area (Å²) in [5.41, 5.74) is 6.72. The van der Waals surface area contributed by atoms with E-state index in [1.807, 2.05) is 6.07 Å². The lowest BCUT2D eigenvalue weighted by atomic mass is 9.97. The van der Waals surface area contributed by atoms with Crippen LogP contribution < -0.4 is 11.1 Å². The van der Waals surface area contributed by atoms with Gasteiger partial charge in [-0.05, 0) is 37.3 Å². The monoisotopic (exact) mass is 452 g/mol. The molecule has 3 N–H and O–H groups in total. The summed E-state index contributed by atoms with van der Waals surface area (Å²) in [6, 6.07) is 8.18. The van der Waals surface area contributed by atoms with Gasteiger partial charge in [-0.25, -0.2) is 0 Å². The smallest absolute Gasteiger partial charge is 0.269 e. The van der Waals surface area contributed by atoms with E-state index in [1.165, 1.54) is 17.1 Å². The molecule has 2 bridgehead atoms. The SMILES string of the molecule is NC(=O)c1nn(CC(=O)N2[C@@H]3CC[C@@H](C3)[C@H]2C(=O)Nc2cncc(Cl)c2)c2ccccc12. The Labute approximate surface area is 188 Å². The lowest BCUT2D eigenvalue weighted by Crippen LogP contribution is -2.52. The molecule has 164 valence electrons. The van der Waals surface area contributed by atoms with Crippen LogP contribution in [-0.4, -0.2) is 49.5 Å². The van der Waals surface area contributed by atoms with Crippen molar-refractivity contribution in [3.63, 3.8) is 0 Å². The number of fused-ring (bicyclic) bond motifs is 3. The van der Waals surface area contributed by atoms with Crippen LogP contribution in [0.3, 0.4) is 0 Å². The number of anilines is 1. The number of pyridine rings is 1. The standard InChI is InChI=1S/C22H21ClN6O3/c23-13-8-14(10-25-9-13)26-22(32)20-12-5-6-15(7-12)29(20)18(30)11-28-17-4-2-1-3-16(17)19(27-28)21(24)31/h1-4,8-10,12,15,20H,5-7,11H2,(H2,24,31)(H,26,32)/t12-,15+,20-/m0/s1. The number of hydrogen-bond donors (Lipinski definition) is 2. The van der Waals surface area contributed by atoms with Gasteiger partial charge in [-0.1, -0.05) is 29.8 Å². The minimum atomic E-state index is -0.653. The number of aromatic nitrogens is 3. The van der Waals surface area contributed by atoms with Gasteiger partial charge in [0.05, 0.1) is 22.4 Å². The third kappa shape index (κ3) is 3.48. The van der Waals surface area contributed by atoms with E-state index < -0.39 is 11.9 Å². The number of nitrogens with two attached hydrogens (primary N) is 1. The maximum atomic E-state index is 13.4. The van der Waals surface area contributed by atoms with Crippen LogP contribution in [0.5, 0.6) is 0 Å². The molecule has 0 spiro atoms. The Bertz CT molecular complexity index is 1240. The maximum Gasteiger partial charge on any atom is 0.269 e. The number of halogens is 1. The second-order valence-corrected chi connectivity index (χ2v) is 8.68. The molecule has 0 radical (unpaired) electrons. The van der Waals surface area contributed by atoms with Gasteiger partial charge in [-0.15, -0.1) is 0 Å². The van der Waals surface area contributed by atoms with E-state index in [-0.39, 0.29) is 36.0 Å². The molecule has 1 aliphatic carbocycles. The van der Waals surface area contributed by atoms with Crippen molar-refractivity contribution in [2.24, 2.45) is 11.7 Å². The number of amides is 3. The molecule has 2 aromatic heterocycles. The molecule has 2 fully saturated rings. The van der Waals surface area contributed by atoms with Crippen molar-refractivity contribution in [1.82, 2.24) is 19.7 Å². The van der Waals surface area contributed by atoms with Crippen molar-refractivity contribution in [3.8, 4) is 0 Å². The normalized spacial score (nSPS) is 21.8. The van der Waals surface area contributed by atoms with Gasteiger partial charge in [0.25, 0.3) is 5.91 Å². The van der Waals surface area contributed by atoms with Crippen molar-refractivity contribution < 1.29 is 14.4 Å². The second-order valence-electron chi connectivity index (χ2n) is 8.24. The Morgan fingerprint density at radius 2 is 2.00 bits per heavy atom. The average molecular weight is 453 g/mol. The van der Waals surface area contributed by atoms with Crippen LogP contribution in [0.15, 0.2) is 42.7 Å². The number of hydrogen-bond acceptors (Lipinski definition) is 5. The number of primary amides is 1. The van der Waals surface area contributed by atoms with E-state index in [1.54, 1.807) is 29.2 Å².